The first-order chi connectivity index (χ1) is 15.6. The molecule has 0 saturated heterocycles. The number of nitrogens with one attached hydrogen (secondary N) is 1. The number of non-ortho nitro benzene ring substituents is 1. The van der Waals surface area contributed by atoms with Crippen LogP contribution in [0, 0.1) is 16.0 Å². The predicted molar refractivity (Wildman–Crippen MR) is 128 cm³/mol. The minimum absolute atomic E-state index is 0.0830. The van der Waals surface area contributed by atoms with Crippen LogP contribution < -0.4 is 5.43 Å². The lowest BCUT2D eigenvalue weighted by Gasteiger charge is -2.19. The van der Waals surface area contributed by atoms with Gasteiger partial charge in [0.2, 0.25) is 5.91 Å². The van der Waals surface area contributed by atoms with Gasteiger partial charge in [-0.05, 0) is 47.1 Å². The number of benzene rings is 2. The summed E-state index contributed by atoms with van der Waals surface area (Å²) in [5.41, 5.74) is 5.42. The molecule has 0 spiro atoms. The monoisotopic (exact) mass is 465 g/mol. The minimum Gasteiger partial charge on any atom is -0.455 e. The molecule has 1 saturated carbocycles. The number of rotatable bonds is 6. The van der Waals surface area contributed by atoms with Crippen LogP contribution in [-0.2, 0) is 10.2 Å². The fourth-order valence-corrected chi connectivity index (χ4v) is 3.92. The summed E-state index contributed by atoms with van der Waals surface area (Å²) < 4.78 is 5.66. The summed E-state index contributed by atoms with van der Waals surface area (Å²) in [7, 11) is 0. The van der Waals surface area contributed by atoms with Gasteiger partial charge in [-0.2, -0.15) is 5.10 Å². The van der Waals surface area contributed by atoms with E-state index in [0.29, 0.717) is 22.1 Å². The zero-order valence-corrected chi connectivity index (χ0v) is 19.3. The number of carbonyl (C=O) groups is 1. The van der Waals surface area contributed by atoms with Gasteiger partial charge < -0.3 is 4.42 Å². The third-order valence-corrected chi connectivity index (χ3v) is 6.08. The van der Waals surface area contributed by atoms with Crippen LogP contribution in [0.5, 0.6) is 0 Å². The smallest absolute Gasteiger partial charge is 0.270 e. The molecule has 0 radical (unpaired) electrons. The van der Waals surface area contributed by atoms with Crippen LogP contribution in [0.1, 0.15) is 50.0 Å². The Kier molecular flexibility index (Phi) is 6.08. The minimum atomic E-state index is -0.495. The molecule has 1 heterocycles. The van der Waals surface area contributed by atoms with Crippen molar-refractivity contribution in [1.82, 2.24) is 5.43 Å². The van der Waals surface area contributed by atoms with Gasteiger partial charge in [0.15, 0.2) is 0 Å². The first-order valence-electron chi connectivity index (χ1n) is 10.6. The van der Waals surface area contributed by atoms with Crippen LogP contribution >= 0.6 is 11.6 Å². The molecule has 7 nitrogen and oxygen atoms in total. The molecule has 0 unspecified atom stereocenters. The van der Waals surface area contributed by atoms with Crippen LogP contribution in [-0.4, -0.2) is 17.0 Å². The summed E-state index contributed by atoms with van der Waals surface area (Å²) in [5.74, 6) is 0.735. The van der Waals surface area contributed by atoms with Gasteiger partial charge in [0.25, 0.3) is 5.69 Å². The highest BCUT2D eigenvalue weighted by molar-refractivity contribution is 6.33. The Morgan fingerprint density at radius 3 is 2.58 bits per heavy atom. The number of hydrogen-bond acceptors (Lipinski definition) is 5. The lowest BCUT2D eigenvalue weighted by atomic mass is 9.86. The highest BCUT2D eigenvalue weighted by Gasteiger charge is 2.44. The van der Waals surface area contributed by atoms with Gasteiger partial charge in [0.1, 0.15) is 11.5 Å². The van der Waals surface area contributed by atoms with Gasteiger partial charge >= 0.3 is 0 Å². The number of amides is 1. The van der Waals surface area contributed by atoms with Crippen molar-refractivity contribution in [1.29, 1.82) is 0 Å². The lowest BCUT2D eigenvalue weighted by molar-refractivity contribution is -0.384. The summed E-state index contributed by atoms with van der Waals surface area (Å²) >= 11 is 6.15. The molecule has 1 fully saturated rings. The van der Waals surface area contributed by atoms with Gasteiger partial charge in [0, 0.05) is 23.6 Å². The normalized spacial score (nSPS) is 17.8. The van der Waals surface area contributed by atoms with Crippen LogP contribution in [0.2, 0.25) is 5.02 Å². The molecule has 1 aromatic heterocycles. The van der Waals surface area contributed by atoms with E-state index in [0.717, 1.165) is 12.0 Å². The van der Waals surface area contributed by atoms with Gasteiger partial charge in [-0.25, -0.2) is 5.43 Å². The first kappa shape index (κ1) is 22.7. The van der Waals surface area contributed by atoms with E-state index in [1.54, 1.807) is 12.1 Å². The SMILES string of the molecule is CC(C)(C)c1ccc([C@@H]2C[C@H]2C(=O)N/N=C/c2ccc(-c3cc([N+](=O)[O-])ccc3Cl)o2)cc1. The van der Waals surface area contributed by atoms with Crippen molar-refractivity contribution in [2.75, 3.05) is 0 Å². The molecule has 2 aromatic carbocycles. The maximum Gasteiger partial charge on any atom is 0.270 e. The highest BCUT2D eigenvalue weighted by Crippen LogP contribution is 2.47. The summed E-state index contributed by atoms with van der Waals surface area (Å²) in [6.07, 6.45) is 2.19. The Balaban J connectivity index is 1.35. The molecule has 3 aromatic rings. The largest absolute Gasteiger partial charge is 0.455 e. The Morgan fingerprint density at radius 2 is 1.91 bits per heavy atom. The van der Waals surface area contributed by atoms with Crippen molar-refractivity contribution >= 4 is 29.4 Å². The average Bonchev–Trinajstić information content (AvgIpc) is 3.44. The van der Waals surface area contributed by atoms with E-state index in [9.17, 15) is 14.9 Å². The topological polar surface area (TPSA) is 97.7 Å². The van der Waals surface area contributed by atoms with Gasteiger partial charge in [-0.1, -0.05) is 56.6 Å². The Bertz CT molecular complexity index is 1230. The molecule has 8 heteroatoms. The van der Waals surface area contributed by atoms with Crippen molar-refractivity contribution < 1.29 is 14.1 Å². The fourth-order valence-electron chi connectivity index (χ4n) is 3.71. The quantitative estimate of drug-likeness (QED) is 0.272. The van der Waals surface area contributed by atoms with E-state index in [4.69, 9.17) is 16.0 Å². The number of nitrogens with zero attached hydrogens (tertiary/aromatic N) is 2. The summed E-state index contributed by atoms with van der Waals surface area (Å²) in [4.78, 5) is 23.0. The van der Waals surface area contributed by atoms with Gasteiger partial charge in [0.05, 0.1) is 16.2 Å². The maximum absolute atomic E-state index is 12.4. The first-order valence-corrected chi connectivity index (χ1v) is 11.0. The van der Waals surface area contributed by atoms with E-state index in [1.165, 1.54) is 30.0 Å². The predicted octanol–water partition coefficient (Wildman–Crippen LogP) is 6.06. The Labute approximate surface area is 196 Å². The number of furan rings is 1. The van der Waals surface area contributed by atoms with Gasteiger partial charge in [-0.15, -0.1) is 0 Å². The summed E-state index contributed by atoms with van der Waals surface area (Å²) in [5, 5.41) is 15.3. The lowest BCUT2D eigenvalue weighted by Crippen LogP contribution is -2.20. The molecule has 33 heavy (non-hydrogen) atoms. The molecule has 170 valence electrons. The molecule has 0 aliphatic heterocycles. The van der Waals surface area contributed by atoms with Crippen molar-refractivity contribution in [3.05, 3.63) is 86.6 Å². The van der Waals surface area contributed by atoms with E-state index < -0.39 is 4.92 Å². The van der Waals surface area contributed by atoms with Crippen molar-refractivity contribution in [3.8, 4) is 11.3 Å². The highest BCUT2D eigenvalue weighted by atomic mass is 35.5. The second kappa shape index (κ2) is 8.83. The number of nitro benzene ring substituents is 1. The second-order valence-corrected chi connectivity index (χ2v) is 9.59. The van der Waals surface area contributed by atoms with Crippen LogP contribution in [0.15, 0.2) is 64.1 Å². The van der Waals surface area contributed by atoms with Gasteiger partial charge in [-0.3, -0.25) is 14.9 Å². The molecule has 0 bridgehead atoms. The third-order valence-electron chi connectivity index (χ3n) is 5.75. The third kappa shape index (κ3) is 5.14. The maximum atomic E-state index is 12.4. The molecule has 1 aliphatic carbocycles. The van der Waals surface area contributed by atoms with E-state index in [-0.39, 0.29) is 28.8 Å². The Morgan fingerprint density at radius 1 is 1.18 bits per heavy atom. The number of carbonyl (C=O) groups excluding carboxylic acids is 1. The zero-order valence-electron chi connectivity index (χ0n) is 18.5. The number of hydrogen-bond donors (Lipinski definition) is 1. The molecule has 1 aliphatic rings. The summed E-state index contributed by atoms with van der Waals surface area (Å²) in [6, 6.07) is 15.9. The summed E-state index contributed by atoms with van der Waals surface area (Å²) in [6.45, 7) is 6.52. The second-order valence-electron chi connectivity index (χ2n) is 9.18. The van der Waals surface area contributed by atoms with E-state index in [2.05, 4.69) is 55.6 Å². The van der Waals surface area contributed by atoms with Crippen molar-refractivity contribution in [2.24, 2.45) is 11.0 Å². The standard InChI is InChI=1S/C25H24ClN3O4/c1-25(2,3)16-6-4-15(5-7-16)19-13-20(19)24(30)28-27-14-18-9-11-23(33-18)21-12-17(29(31)32)8-10-22(21)26/h4-12,14,19-20H,13H2,1-3H3,(H,28,30)/b27-14+/t19-,20+/m0/s1. The van der Waals surface area contributed by atoms with E-state index >= 15 is 0 Å². The van der Waals surface area contributed by atoms with Crippen molar-refractivity contribution in [3.63, 3.8) is 0 Å². The van der Waals surface area contributed by atoms with Crippen molar-refractivity contribution in [2.45, 2.75) is 38.5 Å². The fraction of sp³-hybridized carbons (Fsp3) is 0.280. The molecule has 1 N–H and O–H groups in total. The molecular formula is C25H24ClN3O4. The van der Waals surface area contributed by atoms with Crippen LogP contribution in [0.25, 0.3) is 11.3 Å². The average molecular weight is 466 g/mol. The number of nitro groups is 1. The molecule has 2 atom stereocenters. The number of halogens is 1. The Hall–Kier alpha value is -3.45. The molecule has 1 amide bonds. The molecular weight excluding hydrogens is 442 g/mol. The van der Waals surface area contributed by atoms with Crippen LogP contribution in [0.3, 0.4) is 0 Å². The molecule has 4 rings (SSSR count). The van der Waals surface area contributed by atoms with E-state index in [1.807, 2.05) is 0 Å². The van der Waals surface area contributed by atoms with Crippen LogP contribution in [0.4, 0.5) is 5.69 Å². The number of hydrazone groups is 1. The zero-order chi connectivity index (χ0) is 23.8.